The van der Waals surface area contributed by atoms with E-state index in [1.807, 2.05) is 19.1 Å². The number of allylic oxidation sites excluding steroid dienone is 1. The predicted molar refractivity (Wildman–Crippen MR) is 106 cm³/mol. The number of nitrogen functional groups attached to an aromatic ring is 1. The molecule has 0 radical (unpaired) electrons. The highest BCUT2D eigenvalue weighted by atomic mass is 16.5. The highest BCUT2D eigenvalue weighted by molar-refractivity contribution is 6.13. The first kappa shape index (κ1) is 20.2. The number of benzene rings is 2. The van der Waals surface area contributed by atoms with Crippen molar-refractivity contribution in [2.45, 2.75) is 13.3 Å². The molecule has 144 valence electrons. The number of rotatable bonds is 8. The van der Waals surface area contributed by atoms with Crippen molar-refractivity contribution < 1.29 is 23.7 Å². The van der Waals surface area contributed by atoms with Gasteiger partial charge in [-0.15, -0.1) is 0 Å². The summed E-state index contributed by atoms with van der Waals surface area (Å²) in [6, 6.07) is 8.71. The Kier molecular flexibility index (Phi) is 6.71. The van der Waals surface area contributed by atoms with Crippen molar-refractivity contribution in [2.24, 2.45) is 0 Å². The number of Topliss-reactive ketones (excluding diaryl/α,β-unsaturated/α-hetero) is 1. The van der Waals surface area contributed by atoms with Crippen molar-refractivity contribution in [3.63, 3.8) is 0 Å². The minimum absolute atomic E-state index is 0.166. The highest BCUT2D eigenvalue weighted by Gasteiger charge is 2.21. The van der Waals surface area contributed by atoms with Crippen LogP contribution in [-0.2, 0) is 0 Å². The third kappa shape index (κ3) is 4.34. The van der Waals surface area contributed by atoms with E-state index < -0.39 is 0 Å². The van der Waals surface area contributed by atoms with Crippen LogP contribution < -0.4 is 24.7 Å². The molecule has 0 amide bonds. The van der Waals surface area contributed by atoms with E-state index in [1.54, 1.807) is 31.4 Å². The van der Waals surface area contributed by atoms with Gasteiger partial charge in [-0.25, -0.2) is 0 Å². The van der Waals surface area contributed by atoms with E-state index in [0.29, 0.717) is 46.2 Å². The van der Waals surface area contributed by atoms with Gasteiger partial charge in [-0.05, 0) is 36.3 Å². The second-order valence-electron chi connectivity index (χ2n) is 5.76. The van der Waals surface area contributed by atoms with Crippen LogP contribution in [0.5, 0.6) is 23.0 Å². The zero-order valence-corrected chi connectivity index (χ0v) is 16.3. The van der Waals surface area contributed by atoms with E-state index in [4.69, 9.17) is 24.7 Å². The summed E-state index contributed by atoms with van der Waals surface area (Å²) in [5.41, 5.74) is 8.27. The van der Waals surface area contributed by atoms with Crippen molar-refractivity contribution in [1.29, 1.82) is 0 Å². The molecule has 0 bridgehead atoms. The van der Waals surface area contributed by atoms with Gasteiger partial charge in [-0.1, -0.05) is 13.0 Å². The van der Waals surface area contributed by atoms with Crippen LogP contribution in [0.4, 0.5) is 5.69 Å². The number of nitrogens with two attached hydrogens (primary N) is 1. The van der Waals surface area contributed by atoms with Crippen LogP contribution in [0.15, 0.2) is 35.9 Å². The van der Waals surface area contributed by atoms with E-state index in [2.05, 4.69) is 0 Å². The van der Waals surface area contributed by atoms with Crippen LogP contribution >= 0.6 is 0 Å². The molecular formula is C21H25NO5. The topological polar surface area (TPSA) is 80.0 Å². The van der Waals surface area contributed by atoms with E-state index in [1.165, 1.54) is 21.3 Å². The van der Waals surface area contributed by atoms with E-state index in [-0.39, 0.29) is 5.78 Å². The molecule has 6 heteroatoms. The SMILES string of the molecule is CCC(=Cc1ccc(OC)c(N)c1)C(=O)c1cc(OC)cc(OC)c1OC. The Labute approximate surface area is 159 Å². The second-order valence-corrected chi connectivity index (χ2v) is 5.76. The lowest BCUT2D eigenvalue weighted by Crippen LogP contribution is -2.07. The quantitative estimate of drug-likeness (QED) is 0.429. The van der Waals surface area contributed by atoms with Gasteiger partial charge in [0.1, 0.15) is 11.5 Å². The minimum atomic E-state index is -0.166. The summed E-state index contributed by atoms with van der Waals surface area (Å²) < 4.78 is 21.2. The Bertz CT molecular complexity index is 858. The standard InChI is InChI=1S/C21H25NO5/c1-6-14(9-13-7-8-18(25-3)17(22)10-13)20(23)16-11-15(24-2)12-19(26-4)21(16)27-5/h7-12H,6,22H2,1-5H3. The molecule has 0 aliphatic carbocycles. The molecule has 2 rings (SSSR count). The first-order chi connectivity index (χ1) is 13.0. The highest BCUT2D eigenvalue weighted by Crippen LogP contribution is 2.37. The summed E-state index contributed by atoms with van der Waals surface area (Å²) in [7, 11) is 6.11. The van der Waals surface area contributed by atoms with Gasteiger partial charge in [0.15, 0.2) is 17.3 Å². The number of carbonyl (C=O) groups is 1. The summed E-state index contributed by atoms with van der Waals surface area (Å²) in [5.74, 6) is 1.75. The van der Waals surface area contributed by atoms with Crippen LogP contribution in [0.2, 0.25) is 0 Å². The first-order valence-electron chi connectivity index (χ1n) is 8.47. The molecule has 6 nitrogen and oxygen atoms in total. The van der Waals surface area contributed by atoms with E-state index in [9.17, 15) is 4.79 Å². The Morgan fingerprint density at radius 1 is 0.963 bits per heavy atom. The number of ether oxygens (including phenoxy) is 4. The van der Waals surface area contributed by atoms with Crippen molar-refractivity contribution >= 4 is 17.5 Å². The maximum Gasteiger partial charge on any atom is 0.193 e. The summed E-state index contributed by atoms with van der Waals surface area (Å²) in [6.45, 7) is 1.92. The zero-order valence-electron chi connectivity index (χ0n) is 16.3. The fourth-order valence-corrected chi connectivity index (χ4v) is 2.77. The van der Waals surface area contributed by atoms with Crippen LogP contribution in [0.3, 0.4) is 0 Å². The average molecular weight is 371 g/mol. The molecular weight excluding hydrogens is 346 g/mol. The molecule has 2 N–H and O–H groups in total. The summed E-state index contributed by atoms with van der Waals surface area (Å²) in [6.07, 6.45) is 2.34. The lowest BCUT2D eigenvalue weighted by Gasteiger charge is -2.15. The van der Waals surface area contributed by atoms with Crippen LogP contribution in [-0.4, -0.2) is 34.2 Å². The molecule has 0 atom stereocenters. The van der Waals surface area contributed by atoms with Gasteiger partial charge in [0, 0.05) is 11.6 Å². The number of hydrogen-bond acceptors (Lipinski definition) is 6. The Hall–Kier alpha value is -3.15. The van der Waals surface area contributed by atoms with Gasteiger partial charge in [-0.3, -0.25) is 4.79 Å². The van der Waals surface area contributed by atoms with Gasteiger partial charge in [0.05, 0.1) is 39.7 Å². The van der Waals surface area contributed by atoms with Crippen LogP contribution in [0.1, 0.15) is 29.3 Å². The molecule has 0 fully saturated rings. The number of hydrogen-bond donors (Lipinski definition) is 1. The Morgan fingerprint density at radius 3 is 2.19 bits per heavy atom. The van der Waals surface area contributed by atoms with Gasteiger partial charge >= 0.3 is 0 Å². The van der Waals surface area contributed by atoms with Crippen molar-refractivity contribution in [3.8, 4) is 23.0 Å². The monoisotopic (exact) mass is 371 g/mol. The zero-order chi connectivity index (χ0) is 20.0. The molecule has 0 saturated heterocycles. The average Bonchev–Trinajstić information content (AvgIpc) is 2.70. The molecule has 0 unspecified atom stereocenters. The maximum atomic E-state index is 13.2. The fraction of sp³-hybridized carbons (Fsp3) is 0.286. The van der Waals surface area contributed by atoms with Gasteiger partial charge in [0.25, 0.3) is 0 Å². The molecule has 27 heavy (non-hydrogen) atoms. The van der Waals surface area contributed by atoms with Gasteiger partial charge < -0.3 is 24.7 Å². The third-order valence-corrected chi connectivity index (χ3v) is 4.20. The Balaban J connectivity index is 2.52. The van der Waals surface area contributed by atoms with Gasteiger partial charge in [0.2, 0.25) is 0 Å². The largest absolute Gasteiger partial charge is 0.497 e. The van der Waals surface area contributed by atoms with Crippen molar-refractivity contribution in [3.05, 3.63) is 47.0 Å². The number of ketones is 1. The summed E-state index contributed by atoms with van der Waals surface area (Å²) in [5, 5.41) is 0. The lowest BCUT2D eigenvalue weighted by molar-refractivity contribution is 0.102. The summed E-state index contributed by atoms with van der Waals surface area (Å²) in [4.78, 5) is 13.2. The summed E-state index contributed by atoms with van der Waals surface area (Å²) >= 11 is 0. The van der Waals surface area contributed by atoms with Crippen LogP contribution in [0.25, 0.3) is 6.08 Å². The Morgan fingerprint density at radius 2 is 1.67 bits per heavy atom. The lowest BCUT2D eigenvalue weighted by atomic mass is 9.97. The molecule has 0 heterocycles. The third-order valence-electron chi connectivity index (χ3n) is 4.20. The smallest absolute Gasteiger partial charge is 0.193 e. The van der Waals surface area contributed by atoms with Gasteiger partial charge in [-0.2, -0.15) is 0 Å². The van der Waals surface area contributed by atoms with E-state index >= 15 is 0 Å². The molecule has 2 aromatic rings. The molecule has 0 aromatic heterocycles. The molecule has 0 saturated carbocycles. The fourth-order valence-electron chi connectivity index (χ4n) is 2.77. The van der Waals surface area contributed by atoms with Crippen molar-refractivity contribution in [1.82, 2.24) is 0 Å². The maximum absolute atomic E-state index is 13.2. The van der Waals surface area contributed by atoms with Crippen LogP contribution in [0, 0.1) is 0 Å². The predicted octanol–water partition coefficient (Wildman–Crippen LogP) is 3.98. The molecule has 0 aliphatic heterocycles. The van der Waals surface area contributed by atoms with Crippen molar-refractivity contribution in [2.75, 3.05) is 34.2 Å². The molecule has 2 aromatic carbocycles. The minimum Gasteiger partial charge on any atom is -0.497 e. The molecule has 0 spiro atoms. The van der Waals surface area contributed by atoms with E-state index in [0.717, 1.165) is 5.56 Å². The number of methoxy groups -OCH3 is 4. The molecule has 0 aliphatic rings. The number of carbonyl (C=O) groups excluding carboxylic acids is 1. The normalized spacial score (nSPS) is 11.1. The first-order valence-corrected chi connectivity index (χ1v) is 8.47. The second kappa shape index (κ2) is 8.98. The number of anilines is 1.